The number of rotatable bonds is 2. The van der Waals surface area contributed by atoms with Crippen molar-refractivity contribution in [2.45, 2.75) is 58.0 Å². The lowest BCUT2D eigenvalue weighted by Crippen LogP contribution is -2.93. The van der Waals surface area contributed by atoms with Crippen LogP contribution >= 0.6 is 0 Å². The molecule has 1 saturated carbocycles. The van der Waals surface area contributed by atoms with Gasteiger partial charge in [-0.05, 0) is 39.5 Å². The molecule has 0 bridgehead atoms. The molecular formula is C9H20N+. The molecule has 2 N–H and O–H groups in total. The van der Waals surface area contributed by atoms with Crippen LogP contribution in [0, 0.1) is 0 Å². The summed E-state index contributed by atoms with van der Waals surface area (Å²) < 4.78 is 0. The van der Waals surface area contributed by atoms with Crippen molar-refractivity contribution in [3.63, 3.8) is 0 Å². The summed E-state index contributed by atoms with van der Waals surface area (Å²) in [4.78, 5) is 0. The molecule has 1 aliphatic carbocycles. The predicted molar refractivity (Wildman–Crippen MR) is 43.9 cm³/mol. The van der Waals surface area contributed by atoms with E-state index in [-0.39, 0.29) is 0 Å². The molecule has 1 aliphatic rings. The smallest absolute Gasteiger partial charge is 0.0861 e. The van der Waals surface area contributed by atoms with Gasteiger partial charge >= 0.3 is 0 Å². The third-order valence-electron chi connectivity index (χ3n) is 2.31. The maximum Gasteiger partial charge on any atom is 0.0861 e. The molecule has 0 heterocycles. The molecule has 0 aliphatic heterocycles. The molecule has 1 rings (SSSR count). The van der Waals surface area contributed by atoms with Crippen LogP contribution in [-0.2, 0) is 0 Å². The minimum absolute atomic E-state index is 0.795. The van der Waals surface area contributed by atoms with E-state index in [1.165, 1.54) is 32.1 Å². The monoisotopic (exact) mass is 142 g/mol. The van der Waals surface area contributed by atoms with Crippen molar-refractivity contribution in [3.05, 3.63) is 0 Å². The third-order valence-corrected chi connectivity index (χ3v) is 2.31. The molecule has 0 saturated heterocycles. The predicted octanol–water partition coefficient (Wildman–Crippen LogP) is 1.29. The average Bonchev–Trinajstić information content (AvgIpc) is 1.88. The van der Waals surface area contributed by atoms with Gasteiger partial charge in [0.1, 0.15) is 0 Å². The van der Waals surface area contributed by atoms with Crippen LogP contribution < -0.4 is 5.32 Å². The summed E-state index contributed by atoms with van der Waals surface area (Å²) in [5, 5.41) is 2.53. The van der Waals surface area contributed by atoms with E-state index in [9.17, 15) is 0 Å². The molecule has 1 fully saturated rings. The first-order valence-corrected chi connectivity index (χ1v) is 4.64. The summed E-state index contributed by atoms with van der Waals surface area (Å²) in [7, 11) is 0. The highest BCUT2D eigenvalue weighted by molar-refractivity contribution is 4.62. The fraction of sp³-hybridized carbons (Fsp3) is 1.00. The van der Waals surface area contributed by atoms with Crippen LogP contribution in [0.2, 0.25) is 0 Å². The Kier molecular flexibility index (Phi) is 3.20. The van der Waals surface area contributed by atoms with Gasteiger partial charge in [0, 0.05) is 0 Å². The molecule has 0 aromatic heterocycles. The van der Waals surface area contributed by atoms with Crippen molar-refractivity contribution in [3.8, 4) is 0 Å². The Bertz CT molecular complexity index is 82.7. The van der Waals surface area contributed by atoms with Crippen LogP contribution in [0.3, 0.4) is 0 Å². The van der Waals surface area contributed by atoms with Crippen LogP contribution in [0.1, 0.15) is 46.0 Å². The van der Waals surface area contributed by atoms with Gasteiger partial charge in [-0.2, -0.15) is 0 Å². The summed E-state index contributed by atoms with van der Waals surface area (Å²) in [6.07, 6.45) is 7.32. The van der Waals surface area contributed by atoms with Crippen LogP contribution in [0.15, 0.2) is 0 Å². The van der Waals surface area contributed by atoms with E-state index < -0.39 is 0 Å². The molecular weight excluding hydrogens is 122 g/mol. The lowest BCUT2D eigenvalue weighted by atomic mass is 9.95. The first kappa shape index (κ1) is 8.06. The van der Waals surface area contributed by atoms with Gasteiger partial charge in [-0.1, -0.05) is 6.42 Å². The van der Waals surface area contributed by atoms with Gasteiger partial charge in [-0.25, -0.2) is 0 Å². The van der Waals surface area contributed by atoms with Crippen molar-refractivity contribution in [1.82, 2.24) is 0 Å². The fourth-order valence-corrected chi connectivity index (χ4v) is 1.87. The molecule has 0 spiro atoms. The Morgan fingerprint density at radius 1 is 1.10 bits per heavy atom. The lowest BCUT2D eigenvalue weighted by Gasteiger charge is -2.21. The molecule has 1 nitrogen and oxygen atoms in total. The van der Waals surface area contributed by atoms with Crippen LogP contribution in [0.4, 0.5) is 0 Å². The summed E-state index contributed by atoms with van der Waals surface area (Å²) >= 11 is 0. The van der Waals surface area contributed by atoms with E-state index in [1.54, 1.807) is 0 Å². The van der Waals surface area contributed by atoms with E-state index in [4.69, 9.17) is 0 Å². The molecule has 0 radical (unpaired) electrons. The second-order valence-corrected chi connectivity index (χ2v) is 3.83. The van der Waals surface area contributed by atoms with Gasteiger partial charge in [0.15, 0.2) is 0 Å². The third kappa shape index (κ3) is 2.70. The van der Waals surface area contributed by atoms with Crippen molar-refractivity contribution in [2.75, 3.05) is 0 Å². The SMILES string of the molecule is CC(C)[NH2+]C1CCCCC1. The molecule has 0 unspecified atom stereocenters. The lowest BCUT2D eigenvalue weighted by molar-refractivity contribution is -0.717. The Hall–Kier alpha value is -0.0400. The highest BCUT2D eigenvalue weighted by Crippen LogP contribution is 2.14. The first-order chi connectivity index (χ1) is 4.79. The quantitative estimate of drug-likeness (QED) is 0.598. The van der Waals surface area contributed by atoms with Gasteiger partial charge in [0.05, 0.1) is 12.1 Å². The summed E-state index contributed by atoms with van der Waals surface area (Å²) in [5.74, 6) is 0. The molecule has 0 aromatic carbocycles. The minimum atomic E-state index is 0.795. The number of hydrogen-bond donors (Lipinski definition) is 1. The van der Waals surface area contributed by atoms with E-state index in [0.717, 1.165) is 12.1 Å². The second kappa shape index (κ2) is 3.97. The van der Waals surface area contributed by atoms with Crippen LogP contribution in [0.25, 0.3) is 0 Å². The largest absolute Gasteiger partial charge is 0.342 e. The zero-order valence-electron chi connectivity index (χ0n) is 7.27. The van der Waals surface area contributed by atoms with E-state index in [2.05, 4.69) is 19.2 Å². The molecule has 0 atom stereocenters. The summed E-state index contributed by atoms with van der Waals surface area (Å²) in [5.41, 5.74) is 0. The standard InChI is InChI=1S/C9H19N/c1-8(2)10-9-6-4-3-5-7-9/h8-10H,3-7H2,1-2H3/p+1. The second-order valence-electron chi connectivity index (χ2n) is 3.83. The first-order valence-electron chi connectivity index (χ1n) is 4.64. The molecule has 1 heteroatoms. The van der Waals surface area contributed by atoms with Crippen molar-refractivity contribution >= 4 is 0 Å². The highest BCUT2D eigenvalue weighted by Gasteiger charge is 2.16. The molecule has 60 valence electrons. The fourth-order valence-electron chi connectivity index (χ4n) is 1.87. The number of hydrogen-bond acceptors (Lipinski definition) is 0. The molecule has 0 aromatic rings. The van der Waals surface area contributed by atoms with Gasteiger partial charge in [0.2, 0.25) is 0 Å². The van der Waals surface area contributed by atoms with E-state index in [0.29, 0.717) is 0 Å². The number of nitrogens with two attached hydrogens (primary N) is 1. The Labute approximate surface area is 64.2 Å². The van der Waals surface area contributed by atoms with E-state index in [1.807, 2.05) is 0 Å². The summed E-state index contributed by atoms with van der Waals surface area (Å²) in [6.45, 7) is 4.57. The normalized spacial score (nSPS) is 21.9. The Morgan fingerprint density at radius 2 is 1.70 bits per heavy atom. The number of quaternary nitrogens is 1. The Morgan fingerprint density at radius 3 is 2.20 bits per heavy atom. The van der Waals surface area contributed by atoms with Gasteiger partial charge < -0.3 is 5.32 Å². The van der Waals surface area contributed by atoms with Crippen LogP contribution in [0.5, 0.6) is 0 Å². The maximum atomic E-state index is 2.53. The van der Waals surface area contributed by atoms with E-state index >= 15 is 0 Å². The zero-order chi connectivity index (χ0) is 7.40. The average molecular weight is 142 g/mol. The van der Waals surface area contributed by atoms with Crippen LogP contribution in [-0.4, -0.2) is 12.1 Å². The van der Waals surface area contributed by atoms with Crippen molar-refractivity contribution < 1.29 is 5.32 Å². The molecule has 10 heavy (non-hydrogen) atoms. The minimum Gasteiger partial charge on any atom is -0.342 e. The van der Waals surface area contributed by atoms with Gasteiger partial charge in [-0.15, -0.1) is 0 Å². The molecule has 0 amide bonds. The maximum absolute atomic E-state index is 2.53. The van der Waals surface area contributed by atoms with Crippen molar-refractivity contribution in [1.29, 1.82) is 0 Å². The van der Waals surface area contributed by atoms with Gasteiger partial charge in [0.25, 0.3) is 0 Å². The zero-order valence-corrected chi connectivity index (χ0v) is 7.27. The van der Waals surface area contributed by atoms with Gasteiger partial charge in [-0.3, -0.25) is 0 Å². The highest BCUT2D eigenvalue weighted by atomic mass is 14.9. The van der Waals surface area contributed by atoms with Crippen molar-refractivity contribution in [2.24, 2.45) is 0 Å². The summed E-state index contributed by atoms with van der Waals surface area (Å²) in [6, 6.07) is 1.75. The topological polar surface area (TPSA) is 16.6 Å². The Balaban J connectivity index is 2.13.